The minimum absolute atomic E-state index is 0.242. The SMILES string of the molecule is O=C(CN1CCSC[C@@H]1c1ccccc1)N1CCOCC1. The van der Waals surface area contributed by atoms with Gasteiger partial charge in [-0.2, -0.15) is 11.8 Å². The zero-order valence-corrected chi connectivity index (χ0v) is 13.1. The van der Waals surface area contributed by atoms with Gasteiger partial charge in [-0.25, -0.2) is 0 Å². The van der Waals surface area contributed by atoms with E-state index in [1.807, 2.05) is 22.7 Å². The fraction of sp³-hybridized carbons (Fsp3) is 0.562. The average molecular weight is 306 g/mol. The fourth-order valence-corrected chi connectivity index (χ4v) is 4.05. The van der Waals surface area contributed by atoms with E-state index in [4.69, 9.17) is 4.74 Å². The van der Waals surface area contributed by atoms with Gasteiger partial charge in [0.1, 0.15) is 0 Å². The summed E-state index contributed by atoms with van der Waals surface area (Å²) in [6.45, 7) is 4.32. The second kappa shape index (κ2) is 7.29. The molecule has 0 unspecified atom stereocenters. The first kappa shape index (κ1) is 14.9. The Balaban J connectivity index is 1.65. The van der Waals surface area contributed by atoms with E-state index in [1.165, 1.54) is 5.56 Å². The Kier molecular flexibility index (Phi) is 5.17. The molecule has 0 N–H and O–H groups in total. The molecular weight excluding hydrogens is 284 g/mol. The van der Waals surface area contributed by atoms with Gasteiger partial charge >= 0.3 is 0 Å². The summed E-state index contributed by atoms with van der Waals surface area (Å²) < 4.78 is 5.32. The molecule has 0 saturated carbocycles. The molecule has 2 aliphatic heterocycles. The van der Waals surface area contributed by atoms with Gasteiger partial charge in [-0.1, -0.05) is 30.3 Å². The van der Waals surface area contributed by atoms with Gasteiger partial charge in [0, 0.05) is 37.2 Å². The molecule has 5 heteroatoms. The third-order valence-corrected chi connectivity index (χ3v) is 5.15. The highest BCUT2D eigenvalue weighted by molar-refractivity contribution is 7.99. The maximum atomic E-state index is 12.5. The maximum absolute atomic E-state index is 12.5. The third kappa shape index (κ3) is 3.78. The van der Waals surface area contributed by atoms with Crippen molar-refractivity contribution in [3.05, 3.63) is 35.9 Å². The van der Waals surface area contributed by atoms with Gasteiger partial charge in [0.15, 0.2) is 0 Å². The monoisotopic (exact) mass is 306 g/mol. The smallest absolute Gasteiger partial charge is 0.236 e. The number of carbonyl (C=O) groups excluding carboxylic acids is 1. The number of benzene rings is 1. The highest BCUT2D eigenvalue weighted by atomic mass is 32.2. The van der Waals surface area contributed by atoms with Crippen molar-refractivity contribution in [2.75, 3.05) is 50.9 Å². The van der Waals surface area contributed by atoms with Crippen LogP contribution in [0.15, 0.2) is 30.3 Å². The van der Waals surface area contributed by atoms with Crippen molar-refractivity contribution in [1.29, 1.82) is 0 Å². The highest BCUT2D eigenvalue weighted by Gasteiger charge is 2.28. The topological polar surface area (TPSA) is 32.8 Å². The molecule has 1 aromatic rings. The van der Waals surface area contributed by atoms with Crippen LogP contribution in [-0.2, 0) is 9.53 Å². The Morgan fingerprint density at radius 1 is 1.19 bits per heavy atom. The number of ether oxygens (including phenoxy) is 1. The predicted octanol–water partition coefficient (Wildman–Crippen LogP) is 1.64. The molecular formula is C16H22N2O2S. The van der Waals surface area contributed by atoms with Crippen LogP contribution in [0.2, 0.25) is 0 Å². The number of morpholine rings is 1. The number of nitrogens with zero attached hydrogens (tertiary/aromatic N) is 2. The number of rotatable bonds is 3. The number of thioether (sulfide) groups is 1. The first-order valence-electron chi connectivity index (χ1n) is 7.57. The van der Waals surface area contributed by atoms with Crippen molar-refractivity contribution >= 4 is 17.7 Å². The van der Waals surface area contributed by atoms with Crippen LogP contribution in [0.1, 0.15) is 11.6 Å². The molecule has 3 rings (SSSR count). The molecule has 21 heavy (non-hydrogen) atoms. The molecule has 1 amide bonds. The number of amides is 1. The van der Waals surface area contributed by atoms with Crippen LogP contribution in [-0.4, -0.2) is 66.6 Å². The first-order valence-corrected chi connectivity index (χ1v) is 8.72. The van der Waals surface area contributed by atoms with Gasteiger partial charge in [-0.05, 0) is 5.56 Å². The molecule has 2 aliphatic rings. The fourth-order valence-electron chi connectivity index (χ4n) is 2.90. The summed E-state index contributed by atoms with van der Waals surface area (Å²) in [6, 6.07) is 10.9. The summed E-state index contributed by atoms with van der Waals surface area (Å²) in [5.74, 6) is 2.42. The van der Waals surface area contributed by atoms with Gasteiger partial charge < -0.3 is 9.64 Å². The van der Waals surface area contributed by atoms with Crippen molar-refractivity contribution in [2.24, 2.45) is 0 Å². The molecule has 2 saturated heterocycles. The van der Waals surface area contributed by atoms with Crippen molar-refractivity contribution in [2.45, 2.75) is 6.04 Å². The molecule has 2 heterocycles. The summed E-state index contributed by atoms with van der Waals surface area (Å²) in [6.07, 6.45) is 0. The second-order valence-electron chi connectivity index (χ2n) is 5.47. The van der Waals surface area contributed by atoms with E-state index in [2.05, 4.69) is 29.2 Å². The summed E-state index contributed by atoms with van der Waals surface area (Å²) in [7, 11) is 0. The first-order chi connectivity index (χ1) is 10.3. The molecule has 1 atom stereocenters. The molecule has 1 aromatic carbocycles. The van der Waals surface area contributed by atoms with Crippen LogP contribution in [0.5, 0.6) is 0 Å². The second-order valence-corrected chi connectivity index (χ2v) is 6.61. The van der Waals surface area contributed by atoms with Crippen LogP contribution in [0, 0.1) is 0 Å². The highest BCUT2D eigenvalue weighted by Crippen LogP contribution is 2.29. The van der Waals surface area contributed by atoms with Gasteiger partial charge in [-0.15, -0.1) is 0 Å². The molecule has 0 aromatic heterocycles. The lowest BCUT2D eigenvalue weighted by molar-refractivity contribution is -0.137. The third-order valence-electron chi connectivity index (χ3n) is 4.13. The maximum Gasteiger partial charge on any atom is 0.236 e. The lowest BCUT2D eigenvalue weighted by Crippen LogP contribution is -2.48. The number of carbonyl (C=O) groups is 1. The van der Waals surface area contributed by atoms with E-state index in [-0.39, 0.29) is 5.91 Å². The normalized spacial score (nSPS) is 24.0. The Labute approximate surface area is 130 Å². The molecule has 0 radical (unpaired) electrons. The van der Waals surface area contributed by atoms with Crippen LogP contribution < -0.4 is 0 Å². The Hall–Kier alpha value is -1.04. The minimum Gasteiger partial charge on any atom is -0.378 e. The van der Waals surface area contributed by atoms with E-state index < -0.39 is 0 Å². The molecule has 0 bridgehead atoms. The molecule has 4 nitrogen and oxygen atoms in total. The van der Waals surface area contributed by atoms with Crippen LogP contribution in [0.25, 0.3) is 0 Å². The van der Waals surface area contributed by atoms with E-state index in [1.54, 1.807) is 0 Å². The van der Waals surface area contributed by atoms with E-state index in [0.717, 1.165) is 31.1 Å². The lowest BCUT2D eigenvalue weighted by atomic mass is 10.1. The van der Waals surface area contributed by atoms with Crippen LogP contribution in [0.4, 0.5) is 0 Å². The van der Waals surface area contributed by atoms with E-state index in [9.17, 15) is 4.79 Å². The predicted molar refractivity (Wildman–Crippen MR) is 85.5 cm³/mol. The number of hydrogen-bond acceptors (Lipinski definition) is 4. The van der Waals surface area contributed by atoms with Gasteiger partial charge in [0.25, 0.3) is 0 Å². The van der Waals surface area contributed by atoms with E-state index >= 15 is 0 Å². The Bertz CT molecular complexity index is 463. The zero-order chi connectivity index (χ0) is 14.5. The summed E-state index contributed by atoms with van der Waals surface area (Å²) in [5, 5.41) is 0. The molecule has 114 valence electrons. The van der Waals surface area contributed by atoms with Crippen molar-refractivity contribution < 1.29 is 9.53 Å². The Morgan fingerprint density at radius 2 is 1.95 bits per heavy atom. The largest absolute Gasteiger partial charge is 0.378 e. The summed E-state index contributed by atoms with van der Waals surface area (Å²) in [4.78, 5) is 16.7. The standard InChI is InChI=1S/C16H22N2O2S/c19-16(17-6-9-20-10-7-17)12-18-8-11-21-13-15(18)14-4-2-1-3-5-14/h1-5,15H,6-13H2/t15-/m1/s1. The van der Waals surface area contributed by atoms with Crippen molar-refractivity contribution in [1.82, 2.24) is 9.80 Å². The molecule has 0 aliphatic carbocycles. The van der Waals surface area contributed by atoms with Gasteiger partial charge in [0.05, 0.1) is 19.8 Å². The van der Waals surface area contributed by atoms with Crippen LogP contribution in [0.3, 0.4) is 0 Å². The van der Waals surface area contributed by atoms with Gasteiger partial charge in [0.2, 0.25) is 5.91 Å². The summed E-state index contributed by atoms with van der Waals surface area (Å²) >= 11 is 1.98. The van der Waals surface area contributed by atoms with Crippen molar-refractivity contribution in [3.8, 4) is 0 Å². The van der Waals surface area contributed by atoms with E-state index in [0.29, 0.717) is 25.8 Å². The quantitative estimate of drug-likeness (QED) is 0.850. The zero-order valence-electron chi connectivity index (χ0n) is 12.2. The number of hydrogen-bond donors (Lipinski definition) is 0. The van der Waals surface area contributed by atoms with Crippen molar-refractivity contribution in [3.63, 3.8) is 0 Å². The average Bonchev–Trinajstić information content (AvgIpc) is 2.57. The molecule has 2 fully saturated rings. The molecule has 0 spiro atoms. The van der Waals surface area contributed by atoms with Gasteiger partial charge in [-0.3, -0.25) is 9.69 Å². The summed E-state index contributed by atoms with van der Waals surface area (Å²) in [5.41, 5.74) is 1.32. The minimum atomic E-state index is 0.242. The lowest BCUT2D eigenvalue weighted by Gasteiger charge is -2.37. The van der Waals surface area contributed by atoms with Crippen LogP contribution >= 0.6 is 11.8 Å². The Morgan fingerprint density at radius 3 is 2.71 bits per heavy atom.